The molecule has 3 atom stereocenters. The first-order chi connectivity index (χ1) is 25.7. The number of amides is 1. The van der Waals surface area contributed by atoms with Crippen LogP contribution in [0.3, 0.4) is 0 Å². The second-order valence-electron chi connectivity index (χ2n) is 12.5. The largest absolute Gasteiger partial charge is 0.497 e. The number of methoxy groups -OCH3 is 2. The number of ether oxygens (including phenoxy) is 4. The van der Waals surface area contributed by atoms with Crippen molar-refractivity contribution in [2.75, 3.05) is 60.1 Å². The normalized spacial score (nSPS) is 17.4. The van der Waals surface area contributed by atoms with E-state index in [9.17, 15) is 19.5 Å². The second-order valence-corrected chi connectivity index (χ2v) is 12.5. The van der Waals surface area contributed by atoms with Crippen molar-refractivity contribution in [3.63, 3.8) is 0 Å². The van der Waals surface area contributed by atoms with E-state index in [-0.39, 0.29) is 18.6 Å². The third kappa shape index (κ3) is 9.48. The zero-order valence-corrected chi connectivity index (χ0v) is 30.0. The Bertz CT molecular complexity index is 1860. The van der Waals surface area contributed by atoms with Gasteiger partial charge in [0, 0.05) is 58.0 Å². The van der Waals surface area contributed by atoms with Gasteiger partial charge in [0.1, 0.15) is 29.4 Å². The third-order valence-corrected chi connectivity index (χ3v) is 9.18. The molecule has 0 bridgehead atoms. The maximum Gasteiger partial charge on any atom is 0.330 e. The topological polar surface area (TPSA) is 196 Å². The molecule has 0 unspecified atom stereocenters. The van der Waals surface area contributed by atoms with E-state index in [0.29, 0.717) is 50.8 Å². The van der Waals surface area contributed by atoms with Crippen LogP contribution in [0.25, 0.3) is 6.08 Å². The SMILES string of the molecule is COc1ccc(C(OC[C@H]2O[C@@H](n3cc(/C=C/C(=O)NCCN(CCN)CCN)c(=O)[nH]c3=O)C[C@@H]2O)(c2ccccc2)c2ccc(OC)cc2)cc1. The van der Waals surface area contributed by atoms with Gasteiger partial charge in [0.05, 0.1) is 32.5 Å². The number of nitrogens with two attached hydrogens (primary N) is 2. The smallest absolute Gasteiger partial charge is 0.330 e. The summed E-state index contributed by atoms with van der Waals surface area (Å²) in [6.07, 6.45) is 1.13. The molecule has 53 heavy (non-hydrogen) atoms. The van der Waals surface area contributed by atoms with E-state index < -0.39 is 41.2 Å². The molecule has 1 saturated heterocycles. The molecule has 1 aromatic heterocycles. The van der Waals surface area contributed by atoms with Gasteiger partial charge in [0.2, 0.25) is 5.91 Å². The summed E-state index contributed by atoms with van der Waals surface area (Å²) >= 11 is 0. The number of carbonyl (C=O) groups is 1. The number of benzene rings is 3. The van der Waals surface area contributed by atoms with Crippen LogP contribution in [-0.2, 0) is 19.9 Å². The molecular formula is C39H48N6O8. The van der Waals surface area contributed by atoms with Crippen molar-refractivity contribution in [1.82, 2.24) is 19.8 Å². The van der Waals surface area contributed by atoms with Gasteiger partial charge in [-0.15, -0.1) is 0 Å². The molecule has 14 nitrogen and oxygen atoms in total. The quantitative estimate of drug-likeness (QED) is 0.0737. The Hall–Kier alpha value is -5.09. The molecule has 4 aromatic rings. The van der Waals surface area contributed by atoms with Crippen molar-refractivity contribution in [2.45, 2.75) is 30.5 Å². The van der Waals surface area contributed by atoms with Gasteiger partial charge in [0.25, 0.3) is 5.56 Å². The van der Waals surface area contributed by atoms with Crippen LogP contribution in [0.1, 0.15) is 34.9 Å². The molecule has 1 aliphatic rings. The third-order valence-electron chi connectivity index (χ3n) is 9.18. The van der Waals surface area contributed by atoms with Crippen LogP contribution in [0.2, 0.25) is 0 Å². The predicted octanol–water partition coefficient (Wildman–Crippen LogP) is 1.56. The molecule has 1 fully saturated rings. The minimum Gasteiger partial charge on any atom is -0.497 e. The van der Waals surface area contributed by atoms with Crippen LogP contribution in [0.15, 0.2) is 101 Å². The zero-order valence-electron chi connectivity index (χ0n) is 30.0. The molecule has 3 aromatic carbocycles. The molecule has 0 saturated carbocycles. The lowest BCUT2D eigenvalue weighted by Crippen LogP contribution is -2.39. The monoisotopic (exact) mass is 728 g/mol. The number of aliphatic hydroxyl groups excluding tert-OH is 1. The fraction of sp³-hybridized carbons (Fsp3) is 0.359. The number of nitrogens with zero attached hydrogens (tertiary/aromatic N) is 2. The molecule has 0 spiro atoms. The highest BCUT2D eigenvalue weighted by atomic mass is 16.6. The fourth-order valence-electron chi connectivity index (χ4n) is 6.41. The highest BCUT2D eigenvalue weighted by Gasteiger charge is 2.42. The number of rotatable bonds is 18. The van der Waals surface area contributed by atoms with Crippen molar-refractivity contribution < 1.29 is 28.8 Å². The number of nitrogens with one attached hydrogen (secondary N) is 2. The Kier molecular flexibility index (Phi) is 13.7. The van der Waals surface area contributed by atoms with Gasteiger partial charge >= 0.3 is 5.69 Å². The van der Waals surface area contributed by atoms with Gasteiger partial charge < -0.3 is 40.8 Å². The van der Waals surface area contributed by atoms with Crippen LogP contribution in [-0.4, -0.2) is 97.8 Å². The molecule has 0 aliphatic carbocycles. The second kappa shape index (κ2) is 18.6. The Morgan fingerprint density at radius 2 is 1.53 bits per heavy atom. The summed E-state index contributed by atoms with van der Waals surface area (Å²) in [4.78, 5) is 42.5. The molecule has 0 radical (unpaired) electrons. The van der Waals surface area contributed by atoms with Crippen LogP contribution < -0.4 is 37.5 Å². The lowest BCUT2D eigenvalue weighted by Gasteiger charge is -2.37. The minimum atomic E-state index is -1.15. The molecular weight excluding hydrogens is 680 g/mol. The Morgan fingerprint density at radius 3 is 2.09 bits per heavy atom. The predicted molar refractivity (Wildman–Crippen MR) is 201 cm³/mol. The highest BCUT2D eigenvalue weighted by molar-refractivity contribution is 5.91. The van der Waals surface area contributed by atoms with Gasteiger partial charge in [-0.05, 0) is 47.0 Å². The number of H-pyrrole nitrogens is 1. The Labute approximate surface area is 307 Å². The first-order valence-corrected chi connectivity index (χ1v) is 17.5. The summed E-state index contributed by atoms with van der Waals surface area (Å²) < 4.78 is 25.2. The molecule has 14 heteroatoms. The van der Waals surface area contributed by atoms with E-state index in [1.807, 2.05) is 83.8 Å². The maximum absolute atomic E-state index is 13.0. The standard InChI is InChI=1S/C39H48N6O8/c1-50-31-13-9-29(10-14-31)39(28-6-4-3-5-7-28,30-11-15-32(51-2)16-12-30)52-26-34-33(46)24-36(53-34)45-25-27(37(48)43-38(45)49)8-17-35(47)42-20-23-44(21-18-40)22-19-41/h3-17,25,33-34,36,46H,18-24,26,40-41H2,1-2H3,(H,42,47)(H,43,48,49)/b17-8+/t33-,34+,36+/m0/s1. The molecule has 2 heterocycles. The summed E-state index contributed by atoms with van der Waals surface area (Å²) in [5.74, 6) is 0.942. The van der Waals surface area contributed by atoms with Crippen molar-refractivity contribution in [3.8, 4) is 11.5 Å². The van der Waals surface area contributed by atoms with Crippen LogP contribution in [0, 0.1) is 0 Å². The van der Waals surface area contributed by atoms with Gasteiger partial charge in [0.15, 0.2) is 0 Å². The molecule has 282 valence electrons. The molecule has 1 aliphatic heterocycles. The lowest BCUT2D eigenvalue weighted by molar-refractivity contribution is -0.116. The summed E-state index contributed by atoms with van der Waals surface area (Å²) in [5.41, 5.74) is 11.3. The average molecular weight is 729 g/mol. The van der Waals surface area contributed by atoms with Gasteiger partial charge in [-0.1, -0.05) is 54.6 Å². The summed E-state index contributed by atoms with van der Waals surface area (Å²) in [6.45, 7) is 3.13. The number of hydrogen-bond acceptors (Lipinski definition) is 11. The summed E-state index contributed by atoms with van der Waals surface area (Å²) in [6, 6.07) is 24.9. The lowest BCUT2D eigenvalue weighted by atomic mass is 9.80. The maximum atomic E-state index is 13.0. The summed E-state index contributed by atoms with van der Waals surface area (Å²) in [7, 11) is 3.20. The van der Waals surface area contributed by atoms with E-state index in [0.717, 1.165) is 16.7 Å². The molecule has 5 rings (SSSR count). The van der Waals surface area contributed by atoms with Gasteiger partial charge in [-0.25, -0.2) is 4.79 Å². The van der Waals surface area contributed by atoms with E-state index >= 15 is 0 Å². The summed E-state index contributed by atoms with van der Waals surface area (Å²) in [5, 5.41) is 14.0. The fourth-order valence-corrected chi connectivity index (χ4v) is 6.41. The minimum absolute atomic E-state index is 0.0507. The molecule has 7 N–H and O–H groups in total. The van der Waals surface area contributed by atoms with Crippen LogP contribution >= 0.6 is 0 Å². The Balaban J connectivity index is 1.36. The van der Waals surface area contributed by atoms with Crippen LogP contribution in [0.4, 0.5) is 0 Å². The van der Waals surface area contributed by atoms with E-state index in [2.05, 4.69) is 10.3 Å². The van der Waals surface area contributed by atoms with Gasteiger partial charge in [-0.2, -0.15) is 0 Å². The average Bonchev–Trinajstić information content (AvgIpc) is 3.55. The number of aliphatic hydroxyl groups is 1. The van der Waals surface area contributed by atoms with Crippen molar-refractivity contribution in [1.29, 1.82) is 0 Å². The molecule has 1 amide bonds. The number of aromatic amines is 1. The Morgan fingerprint density at radius 1 is 0.943 bits per heavy atom. The highest BCUT2D eigenvalue weighted by Crippen LogP contribution is 2.42. The van der Waals surface area contributed by atoms with Gasteiger partial charge in [-0.3, -0.25) is 24.0 Å². The van der Waals surface area contributed by atoms with E-state index in [1.54, 1.807) is 14.2 Å². The number of carbonyl (C=O) groups excluding carboxylic acids is 1. The van der Waals surface area contributed by atoms with E-state index in [1.165, 1.54) is 22.9 Å². The number of hydrogen-bond donors (Lipinski definition) is 5. The van der Waals surface area contributed by atoms with E-state index in [4.69, 9.17) is 30.4 Å². The van der Waals surface area contributed by atoms with Crippen molar-refractivity contribution in [3.05, 3.63) is 134 Å². The first kappa shape index (κ1) is 39.1. The van der Waals surface area contributed by atoms with Crippen molar-refractivity contribution >= 4 is 12.0 Å². The van der Waals surface area contributed by atoms with Crippen molar-refractivity contribution in [2.24, 2.45) is 11.5 Å². The zero-order chi connectivity index (χ0) is 37.8. The first-order valence-electron chi connectivity index (χ1n) is 17.5. The number of aromatic nitrogens is 2. The van der Waals surface area contributed by atoms with Crippen LogP contribution in [0.5, 0.6) is 11.5 Å².